The molecular weight excluding hydrogens is 381 g/mol. The average molecular weight is 400 g/mol. The van der Waals surface area contributed by atoms with Crippen molar-refractivity contribution in [3.05, 3.63) is 48.5 Å². The maximum atomic E-state index is 12.6. The van der Waals surface area contributed by atoms with Gasteiger partial charge >= 0.3 is 6.36 Å². The number of anilines is 2. The maximum Gasteiger partial charge on any atom is 0.573 e. The predicted octanol–water partition coefficient (Wildman–Crippen LogP) is 4.38. The molecule has 0 atom stereocenters. The van der Waals surface area contributed by atoms with Crippen LogP contribution in [0.4, 0.5) is 24.5 Å². The molecule has 3 rings (SSSR count). The molecule has 0 spiro atoms. The fraction of sp³-hybridized carbons (Fsp3) is 0.333. The molecule has 1 N–H and O–H groups in total. The van der Waals surface area contributed by atoms with Crippen LogP contribution in [0.3, 0.4) is 0 Å². The molecule has 27 heavy (non-hydrogen) atoms. The normalized spacial score (nSPS) is 15.4. The Bertz CT molecular complexity index is 877. The molecule has 2 aromatic carbocycles. The third-order valence-corrected chi connectivity index (χ3v) is 5.59. The van der Waals surface area contributed by atoms with Gasteiger partial charge in [0.2, 0.25) is 0 Å². The predicted molar refractivity (Wildman–Crippen MR) is 96.4 cm³/mol. The van der Waals surface area contributed by atoms with Crippen molar-refractivity contribution in [3.63, 3.8) is 0 Å². The summed E-state index contributed by atoms with van der Waals surface area (Å²) in [7, 11) is -3.95. The van der Waals surface area contributed by atoms with E-state index in [4.69, 9.17) is 0 Å². The van der Waals surface area contributed by atoms with Crippen molar-refractivity contribution in [2.45, 2.75) is 30.5 Å². The topological polar surface area (TPSA) is 58.6 Å². The van der Waals surface area contributed by atoms with Crippen LogP contribution < -0.4 is 14.4 Å². The Balaban J connectivity index is 1.81. The van der Waals surface area contributed by atoms with Crippen molar-refractivity contribution in [3.8, 4) is 5.75 Å². The lowest BCUT2D eigenvalue weighted by Crippen LogP contribution is -2.30. The number of sulfonamides is 1. The van der Waals surface area contributed by atoms with Gasteiger partial charge in [-0.3, -0.25) is 4.72 Å². The van der Waals surface area contributed by atoms with Crippen molar-refractivity contribution in [1.29, 1.82) is 0 Å². The van der Waals surface area contributed by atoms with Crippen molar-refractivity contribution in [2.24, 2.45) is 0 Å². The Labute approximate surface area is 155 Å². The number of nitrogens with one attached hydrogen (secondary N) is 1. The van der Waals surface area contributed by atoms with E-state index in [1.54, 1.807) is 12.1 Å². The second-order valence-corrected chi connectivity index (χ2v) is 7.87. The summed E-state index contributed by atoms with van der Waals surface area (Å²) < 4.78 is 68.3. The zero-order chi connectivity index (χ0) is 19.5. The summed E-state index contributed by atoms with van der Waals surface area (Å²) in [4.78, 5) is 1.98. The van der Waals surface area contributed by atoms with Crippen LogP contribution in [-0.2, 0) is 10.0 Å². The van der Waals surface area contributed by atoms with Gasteiger partial charge < -0.3 is 9.64 Å². The molecule has 146 valence electrons. The summed E-state index contributed by atoms with van der Waals surface area (Å²) in [6.45, 7) is 1.70. The summed E-state index contributed by atoms with van der Waals surface area (Å²) in [6, 6.07) is 11.2. The highest BCUT2D eigenvalue weighted by molar-refractivity contribution is 7.92. The largest absolute Gasteiger partial charge is 0.573 e. The SMILES string of the molecule is O=S(=O)(Nc1ccccc1N1CCCCC1)c1ccc(OC(F)(F)F)cc1. The van der Waals surface area contributed by atoms with Gasteiger partial charge in [-0.2, -0.15) is 0 Å². The lowest BCUT2D eigenvalue weighted by atomic mass is 10.1. The van der Waals surface area contributed by atoms with Crippen LogP contribution in [0.1, 0.15) is 19.3 Å². The number of ether oxygens (including phenoxy) is 1. The van der Waals surface area contributed by atoms with Crippen LogP contribution in [0, 0.1) is 0 Å². The Morgan fingerprint density at radius 1 is 0.926 bits per heavy atom. The van der Waals surface area contributed by atoms with E-state index in [2.05, 4.69) is 14.4 Å². The molecule has 1 aliphatic heterocycles. The van der Waals surface area contributed by atoms with Gasteiger partial charge in [-0.05, 0) is 55.7 Å². The molecule has 9 heteroatoms. The minimum absolute atomic E-state index is 0.148. The van der Waals surface area contributed by atoms with E-state index in [-0.39, 0.29) is 4.90 Å². The first-order valence-electron chi connectivity index (χ1n) is 8.47. The van der Waals surface area contributed by atoms with E-state index in [1.165, 1.54) is 0 Å². The molecular formula is C18H19F3N2O3S. The second kappa shape index (κ2) is 7.67. The van der Waals surface area contributed by atoms with Gasteiger partial charge in [-0.1, -0.05) is 12.1 Å². The van der Waals surface area contributed by atoms with Crippen molar-refractivity contribution >= 4 is 21.4 Å². The van der Waals surface area contributed by atoms with Gasteiger partial charge in [0.15, 0.2) is 0 Å². The Morgan fingerprint density at radius 3 is 2.19 bits per heavy atom. The molecule has 1 heterocycles. The van der Waals surface area contributed by atoms with Crippen LogP contribution >= 0.6 is 0 Å². The highest BCUT2D eigenvalue weighted by Crippen LogP contribution is 2.30. The quantitative estimate of drug-likeness (QED) is 0.810. The van der Waals surface area contributed by atoms with Crippen LogP contribution in [0.15, 0.2) is 53.4 Å². The zero-order valence-electron chi connectivity index (χ0n) is 14.4. The van der Waals surface area contributed by atoms with Gasteiger partial charge in [-0.25, -0.2) is 8.42 Å². The highest BCUT2D eigenvalue weighted by atomic mass is 32.2. The molecule has 1 aliphatic rings. The number of para-hydroxylation sites is 2. The monoisotopic (exact) mass is 400 g/mol. The molecule has 0 aliphatic carbocycles. The van der Waals surface area contributed by atoms with Crippen LogP contribution in [0.2, 0.25) is 0 Å². The number of piperidine rings is 1. The summed E-state index contributed by atoms with van der Waals surface area (Å²) in [5, 5.41) is 0. The number of benzene rings is 2. The smallest absolute Gasteiger partial charge is 0.406 e. The van der Waals surface area contributed by atoms with Crippen LogP contribution in [-0.4, -0.2) is 27.9 Å². The molecule has 1 fully saturated rings. The fourth-order valence-corrected chi connectivity index (χ4v) is 4.07. The van der Waals surface area contributed by atoms with Crippen molar-refractivity contribution in [1.82, 2.24) is 0 Å². The van der Waals surface area contributed by atoms with Gasteiger partial charge in [0.1, 0.15) is 5.75 Å². The van der Waals surface area contributed by atoms with E-state index < -0.39 is 22.1 Å². The van der Waals surface area contributed by atoms with E-state index >= 15 is 0 Å². The average Bonchev–Trinajstić information content (AvgIpc) is 2.62. The summed E-state index contributed by atoms with van der Waals surface area (Å²) in [6.07, 6.45) is -1.59. The molecule has 0 bridgehead atoms. The van der Waals surface area contributed by atoms with Crippen molar-refractivity contribution < 1.29 is 26.3 Å². The highest BCUT2D eigenvalue weighted by Gasteiger charge is 2.31. The molecule has 5 nitrogen and oxygen atoms in total. The second-order valence-electron chi connectivity index (χ2n) is 6.19. The number of alkyl halides is 3. The summed E-state index contributed by atoms with van der Waals surface area (Å²) in [5.41, 5.74) is 1.23. The van der Waals surface area contributed by atoms with Gasteiger partial charge in [0, 0.05) is 13.1 Å². The first-order valence-corrected chi connectivity index (χ1v) is 9.95. The van der Waals surface area contributed by atoms with Gasteiger partial charge in [-0.15, -0.1) is 13.2 Å². The standard InChI is InChI=1S/C18H19F3N2O3S/c19-18(20,21)26-14-8-10-15(11-9-14)27(24,25)22-16-6-2-3-7-17(16)23-12-4-1-5-13-23/h2-3,6-11,22H,1,4-5,12-13H2. The number of nitrogens with zero attached hydrogens (tertiary/aromatic N) is 1. The molecule has 0 aromatic heterocycles. The van der Waals surface area contributed by atoms with Crippen molar-refractivity contribution in [2.75, 3.05) is 22.7 Å². The lowest BCUT2D eigenvalue weighted by Gasteiger charge is -2.30. The van der Waals surface area contributed by atoms with Gasteiger partial charge in [0.05, 0.1) is 16.3 Å². The van der Waals surface area contributed by atoms with Crippen LogP contribution in [0.5, 0.6) is 5.75 Å². The molecule has 0 radical (unpaired) electrons. The third kappa shape index (κ3) is 5.06. The molecule has 0 unspecified atom stereocenters. The van der Waals surface area contributed by atoms with E-state index in [9.17, 15) is 21.6 Å². The molecule has 0 saturated carbocycles. The molecule has 1 saturated heterocycles. The molecule has 2 aromatic rings. The number of hydrogen-bond acceptors (Lipinski definition) is 4. The lowest BCUT2D eigenvalue weighted by molar-refractivity contribution is -0.274. The zero-order valence-corrected chi connectivity index (χ0v) is 15.2. The van der Waals surface area contributed by atoms with Gasteiger partial charge in [0.25, 0.3) is 10.0 Å². The number of halogens is 3. The Hall–Kier alpha value is -2.42. The summed E-state index contributed by atoms with van der Waals surface area (Å²) >= 11 is 0. The van der Waals surface area contributed by atoms with E-state index in [0.717, 1.165) is 62.3 Å². The minimum Gasteiger partial charge on any atom is -0.406 e. The van der Waals surface area contributed by atoms with E-state index in [1.807, 2.05) is 12.1 Å². The summed E-state index contributed by atoms with van der Waals surface area (Å²) in [5.74, 6) is -0.477. The maximum absolute atomic E-state index is 12.6. The third-order valence-electron chi connectivity index (χ3n) is 4.21. The fourth-order valence-electron chi connectivity index (χ4n) is 2.99. The Kier molecular flexibility index (Phi) is 5.50. The number of hydrogen-bond donors (Lipinski definition) is 1. The van der Waals surface area contributed by atoms with E-state index in [0.29, 0.717) is 5.69 Å². The van der Waals surface area contributed by atoms with Crippen LogP contribution in [0.25, 0.3) is 0 Å². The first kappa shape index (κ1) is 19.3. The molecule has 0 amide bonds. The minimum atomic E-state index is -4.83. The first-order chi connectivity index (χ1) is 12.7. The Morgan fingerprint density at radius 2 is 1.56 bits per heavy atom. The number of rotatable bonds is 5.